The summed E-state index contributed by atoms with van der Waals surface area (Å²) in [7, 11) is 0. The quantitative estimate of drug-likeness (QED) is 0.183. The van der Waals surface area contributed by atoms with E-state index in [0.29, 0.717) is 0 Å². The molecule has 0 radical (unpaired) electrons. The second-order valence-corrected chi connectivity index (χ2v) is 14.9. The van der Waals surface area contributed by atoms with E-state index in [1.54, 1.807) is 0 Å². The first kappa shape index (κ1) is 30.0. The first-order chi connectivity index (χ1) is 25.2. The van der Waals surface area contributed by atoms with Crippen LogP contribution in [0.3, 0.4) is 0 Å². The summed E-state index contributed by atoms with van der Waals surface area (Å²) in [5.74, 6) is 0. The Bertz CT molecular complexity index is 2530. The van der Waals surface area contributed by atoms with E-state index in [1.165, 1.54) is 42.3 Å². The van der Waals surface area contributed by atoms with Gasteiger partial charge in [0.2, 0.25) is 0 Å². The molecule has 0 spiro atoms. The van der Waals surface area contributed by atoms with E-state index in [9.17, 15) is 0 Å². The maximum Gasteiger partial charge on any atom is 0.0973 e. The third-order valence-corrected chi connectivity index (χ3v) is 11.7. The molecule has 0 bridgehead atoms. The second-order valence-electron chi connectivity index (χ2n) is 12.8. The van der Waals surface area contributed by atoms with Crippen molar-refractivity contribution >= 4 is 68.7 Å². The lowest BCUT2D eigenvalue weighted by atomic mass is 10.0. The van der Waals surface area contributed by atoms with E-state index in [4.69, 9.17) is 9.97 Å². The summed E-state index contributed by atoms with van der Waals surface area (Å²) in [6, 6.07) is 58.3. The lowest BCUT2D eigenvalue weighted by molar-refractivity contribution is 1.16. The van der Waals surface area contributed by atoms with Gasteiger partial charge in [-0.3, -0.25) is 0 Å². The summed E-state index contributed by atoms with van der Waals surface area (Å²) >= 11 is 3.64. The standard InChI is InChI=1S/C45H30N4S2/c1-29-18-27-34-35(28-29)47-45(31-21-25-33(26-22-31)49-38-12-4-8-16-42(38)51-43-17-9-5-13-39(43)49)44(46-34)30-19-23-32(24-20-30)48-36-10-2-6-14-40(36)50-41-15-7-3-11-37(41)48/h2-28H,1H3. The van der Waals surface area contributed by atoms with Crippen LogP contribution in [0.4, 0.5) is 34.1 Å². The normalized spacial score (nSPS) is 13.0. The van der Waals surface area contributed by atoms with Crippen LogP contribution < -0.4 is 9.80 Å². The van der Waals surface area contributed by atoms with Crippen LogP contribution in [0.5, 0.6) is 0 Å². The van der Waals surface area contributed by atoms with Gasteiger partial charge in [-0.25, -0.2) is 9.97 Å². The monoisotopic (exact) mass is 690 g/mol. The number of aromatic nitrogens is 2. The summed E-state index contributed by atoms with van der Waals surface area (Å²) in [4.78, 5) is 20.2. The van der Waals surface area contributed by atoms with E-state index in [0.717, 1.165) is 50.5 Å². The van der Waals surface area contributed by atoms with Gasteiger partial charge < -0.3 is 9.80 Å². The van der Waals surface area contributed by atoms with E-state index in [1.807, 2.05) is 23.5 Å². The van der Waals surface area contributed by atoms with E-state index in [2.05, 4.69) is 181 Å². The number of hydrogen-bond acceptors (Lipinski definition) is 6. The predicted octanol–water partition coefficient (Wildman–Crippen LogP) is 13.1. The van der Waals surface area contributed by atoms with Gasteiger partial charge in [-0.2, -0.15) is 0 Å². The Hall–Kier alpha value is -5.82. The second kappa shape index (κ2) is 12.2. The molecule has 1 aromatic heterocycles. The van der Waals surface area contributed by atoms with Gasteiger partial charge in [0.25, 0.3) is 0 Å². The molecule has 4 nitrogen and oxygen atoms in total. The molecule has 0 unspecified atom stereocenters. The fourth-order valence-electron chi connectivity index (χ4n) is 7.07. The van der Waals surface area contributed by atoms with Crippen LogP contribution in [0.15, 0.2) is 183 Å². The van der Waals surface area contributed by atoms with Crippen LogP contribution in [0.25, 0.3) is 33.5 Å². The molecule has 2 aliphatic heterocycles. The van der Waals surface area contributed by atoms with Crippen LogP contribution in [0.1, 0.15) is 5.56 Å². The highest BCUT2D eigenvalue weighted by atomic mass is 32.2. The maximum atomic E-state index is 5.28. The lowest BCUT2D eigenvalue weighted by Crippen LogP contribution is -2.14. The van der Waals surface area contributed by atoms with E-state index in [-0.39, 0.29) is 0 Å². The number of nitrogens with zero attached hydrogens (tertiary/aromatic N) is 4. The molecule has 2 aliphatic rings. The van der Waals surface area contributed by atoms with Gasteiger partial charge in [0.05, 0.1) is 45.2 Å². The number of fused-ring (bicyclic) bond motifs is 5. The van der Waals surface area contributed by atoms with Crippen LogP contribution in [-0.4, -0.2) is 9.97 Å². The molecular weight excluding hydrogens is 661 g/mol. The number of rotatable bonds is 4. The minimum Gasteiger partial charge on any atom is -0.308 e. The molecule has 242 valence electrons. The molecule has 3 heterocycles. The molecule has 0 saturated heterocycles. The molecule has 0 amide bonds. The topological polar surface area (TPSA) is 32.3 Å². The SMILES string of the molecule is Cc1ccc2nc(-c3ccc(N4c5ccccc5Sc5ccccc54)cc3)c(-c3ccc(N4c5ccccc5Sc5ccccc54)cc3)nc2c1. The van der Waals surface area contributed by atoms with Crippen LogP contribution in [0.2, 0.25) is 0 Å². The Morgan fingerprint density at radius 3 is 1.18 bits per heavy atom. The largest absolute Gasteiger partial charge is 0.308 e. The zero-order valence-corrected chi connectivity index (χ0v) is 29.3. The highest BCUT2D eigenvalue weighted by molar-refractivity contribution is 8.00. The van der Waals surface area contributed by atoms with Crippen molar-refractivity contribution in [2.75, 3.05) is 9.80 Å². The molecule has 0 fully saturated rings. The molecule has 0 aliphatic carbocycles. The van der Waals surface area contributed by atoms with E-state index < -0.39 is 0 Å². The highest BCUT2D eigenvalue weighted by Crippen LogP contribution is 2.52. The van der Waals surface area contributed by atoms with Crippen molar-refractivity contribution in [3.63, 3.8) is 0 Å². The Labute approximate surface area is 305 Å². The van der Waals surface area contributed by atoms with Gasteiger partial charge in [0.1, 0.15) is 0 Å². The number of aryl methyl sites for hydroxylation is 1. The third kappa shape index (κ3) is 5.18. The van der Waals surface area contributed by atoms with Gasteiger partial charge in [0.15, 0.2) is 0 Å². The highest BCUT2D eigenvalue weighted by Gasteiger charge is 2.26. The summed E-state index contributed by atoms with van der Waals surface area (Å²) < 4.78 is 0. The predicted molar refractivity (Wildman–Crippen MR) is 213 cm³/mol. The average molecular weight is 691 g/mol. The Morgan fingerprint density at radius 1 is 0.392 bits per heavy atom. The van der Waals surface area contributed by atoms with Crippen molar-refractivity contribution in [3.8, 4) is 22.5 Å². The Morgan fingerprint density at radius 2 is 0.765 bits per heavy atom. The number of benzene rings is 7. The van der Waals surface area contributed by atoms with Crippen molar-refractivity contribution in [3.05, 3.63) is 169 Å². The minimum atomic E-state index is 0.866. The zero-order valence-electron chi connectivity index (χ0n) is 27.7. The number of para-hydroxylation sites is 4. The maximum absolute atomic E-state index is 5.28. The summed E-state index contributed by atoms with van der Waals surface area (Å²) in [5, 5.41) is 0. The Kier molecular flexibility index (Phi) is 7.18. The fourth-order valence-corrected chi connectivity index (χ4v) is 9.19. The van der Waals surface area contributed by atoms with Gasteiger partial charge in [0, 0.05) is 42.1 Å². The molecule has 0 atom stereocenters. The third-order valence-electron chi connectivity index (χ3n) is 9.48. The van der Waals surface area contributed by atoms with Crippen molar-refractivity contribution in [2.24, 2.45) is 0 Å². The van der Waals surface area contributed by atoms with Crippen molar-refractivity contribution in [2.45, 2.75) is 26.5 Å². The molecular formula is C45H30N4S2. The van der Waals surface area contributed by atoms with Crippen molar-refractivity contribution in [1.82, 2.24) is 9.97 Å². The Balaban J connectivity index is 1.07. The summed E-state index contributed by atoms with van der Waals surface area (Å²) in [6.07, 6.45) is 0. The minimum absolute atomic E-state index is 0.866. The summed E-state index contributed by atoms with van der Waals surface area (Å²) in [6.45, 7) is 2.10. The molecule has 8 aromatic rings. The number of hydrogen-bond donors (Lipinski definition) is 0. The molecule has 0 N–H and O–H groups in total. The van der Waals surface area contributed by atoms with Gasteiger partial charge in [-0.1, -0.05) is 102 Å². The van der Waals surface area contributed by atoms with Crippen LogP contribution >= 0.6 is 23.5 Å². The lowest BCUT2D eigenvalue weighted by Gasteiger charge is -2.33. The van der Waals surface area contributed by atoms with Crippen LogP contribution in [0, 0.1) is 6.92 Å². The molecule has 7 aromatic carbocycles. The summed E-state index contributed by atoms with van der Waals surface area (Å²) in [5.41, 5.74) is 13.7. The van der Waals surface area contributed by atoms with Gasteiger partial charge in [-0.05, 0) is 97.4 Å². The first-order valence-electron chi connectivity index (χ1n) is 17.0. The van der Waals surface area contributed by atoms with Gasteiger partial charge in [-0.15, -0.1) is 0 Å². The average Bonchev–Trinajstić information content (AvgIpc) is 3.18. The smallest absolute Gasteiger partial charge is 0.0973 e. The molecule has 51 heavy (non-hydrogen) atoms. The first-order valence-corrected chi connectivity index (χ1v) is 18.6. The van der Waals surface area contributed by atoms with Crippen molar-refractivity contribution in [1.29, 1.82) is 0 Å². The molecule has 6 heteroatoms. The number of anilines is 6. The fraction of sp³-hybridized carbons (Fsp3) is 0.0222. The van der Waals surface area contributed by atoms with Gasteiger partial charge >= 0.3 is 0 Å². The van der Waals surface area contributed by atoms with E-state index >= 15 is 0 Å². The molecule has 0 saturated carbocycles. The zero-order chi connectivity index (χ0) is 33.9. The molecule has 10 rings (SSSR count). The van der Waals surface area contributed by atoms with Crippen molar-refractivity contribution < 1.29 is 0 Å². The van der Waals surface area contributed by atoms with Crippen LogP contribution in [-0.2, 0) is 0 Å².